The van der Waals surface area contributed by atoms with Crippen molar-refractivity contribution in [3.8, 4) is 11.3 Å². The zero-order valence-corrected chi connectivity index (χ0v) is 16.3. The number of nitrogens with zero attached hydrogens (tertiary/aromatic N) is 5. The molecule has 0 aliphatic heterocycles. The normalized spacial score (nSPS) is 20.3. The minimum atomic E-state index is -0.973. The van der Waals surface area contributed by atoms with Gasteiger partial charge in [-0.1, -0.05) is 0 Å². The molecule has 154 valence electrons. The summed E-state index contributed by atoms with van der Waals surface area (Å²) in [5.74, 6) is -0.0911. The molecule has 1 aliphatic carbocycles. The number of pyridine rings is 2. The minimum absolute atomic E-state index is 0.201. The molecule has 1 fully saturated rings. The van der Waals surface area contributed by atoms with Crippen LogP contribution in [-0.4, -0.2) is 46.1 Å². The molecule has 1 aliphatic rings. The van der Waals surface area contributed by atoms with E-state index in [4.69, 9.17) is 0 Å². The van der Waals surface area contributed by atoms with Gasteiger partial charge in [0.25, 0.3) is 0 Å². The highest BCUT2D eigenvalue weighted by atomic mass is 19.1. The molecule has 9 heteroatoms. The Bertz CT molecular complexity index is 1040. The van der Waals surface area contributed by atoms with Crippen LogP contribution in [0.4, 0.5) is 20.4 Å². The summed E-state index contributed by atoms with van der Waals surface area (Å²) in [5.41, 5.74) is 1.55. The van der Waals surface area contributed by atoms with Crippen LogP contribution >= 0.6 is 0 Å². The Hall–Kier alpha value is -3.49. The van der Waals surface area contributed by atoms with Crippen molar-refractivity contribution in [2.45, 2.75) is 24.4 Å². The van der Waals surface area contributed by atoms with Crippen molar-refractivity contribution in [1.29, 1.82) is 0 Å². The lowest BCUT2D eigenvalue weighted by atomic mass is 9.65. The second kappa shape index (κ2) is 8.10. The van der Waals surface area contributed by atoms with E-state index in [1.54, 1.807) is 37.8 Å². The van der Waals surface area contributed by atoms with Crippen LogP contribution in [0.1, 0.15) is 18.5 Å². The van der Waals surface area contributed by atoms with Gasteiger partial charge in [0, 0.05) is 55.0 Å². The average Bonchev–Trinajstić information content (AvgIpc) is 2.76. The number of amides is 1. The number of carbonyl (C=O) groups excluding carboxylic acids is 1. The second-order valence-corrected chi connectivity index (χ2v) is 7.38. The third kappa shape index (κ3) is 3.83. The van der Waals surface area contributed by atoms with Crippen LogP contribution in [0.15, 0.2) is 49.1 Å². The number of anilines is 2. The predicted octanol–water partition coefficient (Wildman–Crippen LogP) is 3.15. The summed E-state index contributed by atoms with van der Waals surface area (Å²) in [4.78, 5) is 29.4. The molecule has 1 amide bonds. The zero-order valence-electron chi connectivity index (χ0n) is 16.3. The standard InChI is InChI=1S/C21H20F2N6O/c1-29(13-30)16-4-6-24-18(7-16)14-10-26-20(27-11-14)28-12-21(8-15(22)9-21)19-17(23)3-2-5-25-19/h2-7,10-11,13,15H,8-9,12H2,1H3,(H,26,27,28). The first kappa shape index (κ1) is 19.8. The van der Waals surface area contributed by atoms with Gasteiger partial charge in [-0.15, -0.1) is 0 Å². The van der Waals surface area contributed by atoms with Crippen molar-refractivity contribution in [2.75, 3.05) is 23.8 Å². The Labute approximate surface area is 172 Å². The van der Waals surface area contributed by atoms with E-state index >= 15 is 0 Å². The largest absolute Gasteiger partial charge is 0.353 e. The zero-order chi connectivity index (χ0) is 21.1. The van der Waals surface area contributed by atoms with E-state index in [9.17, 15) is 13.6 Å². The maximum atomic E-state index is 14.2. The first-order valence-electron chi connectivity index (χ1n) is 9.46. The fraction of sp³-hybridized carbons (Fsp3) is 0.286. The molecule has 0 atom stereocenters. The third-order valence-electron chi connectivity index (χ3n) is 5.33. The van der Waals surface area contributed by atoms with E-state index in [0.29, 0.717) is 29.3 Å². The van der Waals surface area contributed by atoms with Crippen molar-refractivity contribution in [2.24, 2.45) is 0 Å². The van der Waals surface area contributed by atoms with Crippen LogP contribution in [0.25, 0.3) is 11.3 Å². The van der Waals surface area contributed by atoms with E-state index in [2.05, 4.69) is 25.3 Å². The topological polar surface area (TPSA) is 83.9 Å². The molecular weight excluding hydrogens is 390 g/mol. The van der Waals surface area contributed by atoms with Crippen LogP contribution in [0, 0.1) is 5.82 Å². The molecule has 0 spiro atoms. The first-order valence-corrected chi connectivity index (χ1v) is 9.46. The number of carbonyl (C=O) groups is 1. The minimum Gasteiger partial charge on any atom is -0.353 e. The van der Waals surface area contributed by atoms with E-state index < -0.39 is 17.4 Å². The predicted molar refractivity (Wildman–Crippen MR) is 108 cm³/mol. The highest BCUT2D eigenvalue weighted by Crippen LogP contribution is 2.45. The summed E-state index contributed by atoms with van der Waals surface area (Å²) >= 11 is 0. The summed E-state index contributed by atoms with van der Waals surface area (Å²) in [7, 11) is 1.65. The van der Waals surface area contributed by atoms with Gasteiger partial charge in [0.1, 0.15) is 12.0 Å². The monoisotopic (exact) mass is 410 g/mol. The lowest BCUT2D eigenvalue weighted by Crippen LogP contribution is -2.49. The van der Waals surface area contributed by atoms with E-state index in [-0.39, 0.29) is 25.1 Å². The van der Waals surface area contributed by atoms with Gasteiger partial charge in [0.05, 0.1) is 11.4 Å². The summed E-state index contributed by atoms with van der Waals surface area (Å²) in [6, 6.07) is 6.34. The van der Waals surface area contributed by atoms with Gasteiger partial charge < -0.3 is 10.2 Å². The molecule has 4 rings (SSSR count). The van der Waals surface area contributed by atoms with E-state index in [0.717, 1.165) is 0 Å². The van der Waals surface area contributed by atoms with Crippen molar-refractivity contribution in [3.63, 3.8) is 0 Å². The summed E-state index contributed by atoms with van der Waals surface area (Å²) in [6.07, 6.45) is 6.47. The third-order valence-corrected chi connectivity index (χ3v) is 5.33. The Balaban J connectivity index is 1.49. The van der Waals surface area contributed by atoms with Crippen LogP contribution in [0.3, 0.4) is 0 Å². The SMILES string of the molecule is CN(C=O)c1ccnc(-c2cnc(NCC3(c4ncccc4F)CC(F)C3)nc2)c1. The van der Waals surface area contributed by atoms with Crippen LogP contribution in [-0.2, 0) is 10.2 Å². The van der Waals surface area contributed by atoms with Crippen molar-refractivity contribution >= 4 is 18.0 Å². The summed E-state index contributed by atoms with van der Waals surface area (Å²) < 4.78 is 27.9. The summed E-state index contributed by atoms with van der Waals surface area (Å²) in [5, 5.41) is 3.08. The lowest BCUT2D eigenvalue weighted by Gasteiger charge is -2.43. The number of rotatable bonds is 7. The number of hydrogen-bond acceptors (Lipinski definition) is 6. The molecule has 1 N–H and O–H groups in total. The molecule has 3 heterocycles. The number of alkyl halides is 1. The molecule has 1 saturated carbocycles. The molecule has 0 saturated heterocycles. The molecule has 7 nitrogen and oxygen atoms in total. The van der Waals surface area contributed by atoms with E-state index in [1.165, 1.54) is 23.2 Å². The summed E-state index contributed by atoms with van der Waals surface area (Å²) in [6.45, 7) is 0.276. The number of halogens is 2. The quantitative estimate of drug-likeness (QED) is 0.603. The number of hydrogen-bond donors (Lipinski definition) is 1. The second-order valence-electron chi connectivity index (χ2n) is 7.38. The number of aromatic nitrogens is 4. The van der Waals surface area contributed by atoms with Crippen molar-refractivity contribution in [3.05, 3.63) is 60.6 Å². The molecule has 3 aromatic rings. The van der Waals surface area contributed by atoms with Gasteiger partial charge in [-0.25, -0.2) is 18.7 Å². The average molecular weight is 410 g/mol. The van der Waals surface area contributed by atoms with Gasteiger partial charge in [0.2, 0.25) is 12.4 Å². The van der Waals surface area contributed by atoms with Gasteiger partial charge in [-0.2, -0.15) is 0 Å². The van der Waals surface area contributed by atoms with Crippen molar-refractivity contribution < 1.29 is 13.6 Å². The fourth-order valence-electron chi connectivity index (χ4n) is 3.64. The molecule has 0 radical (unpaired) electrons. The maximum Gasteiger partial charge on any atom is 0.222 e. The van der Waals surface area contributed by atoms with Crippen LogP contribution < -0.4 is 10.2 Å². The molecule has 0 bridgehead atoms. The lowest BCUT2D eigenvalue weighted by molar-refractivity contribution is -0.107. The Morgan fingerprint density at radius 1 is 1.20 bits per heavy atom. The molecule has 0 unspecified atom stereocenters. The van der Waals surface area contributed by atoms with E-state index in [1.807, 2.05) is 0 Å². The first-order chi connectivity index (χ1) is 14.5. The van der Waals surface area contributed by atoms with Crippen LogP contribution in [0.2, 0.25) is 0 Å². The molecular formula is C21H20F2N6O. The smallest absolute Gasteiger partial charge is 0.222 e. The van der Waals surface area contributed by atoms with Gasteiger partial charge in [-0.05, 0) is 37.1 Å². The highest BCUT2D eigenvalue weighted by Gasteiger charge is 2.48. The molecule has 3 aromatic heterocycles. The Kier molecular flexibility index (Phi) is 5.35. The Morgan fingerprint density at radius 2 is 1.97 bits per heavy atom. The molecule has 30 heavy (non-hydrogen) atoms. The highest BCUT2D eigenvalue weighted by molar-refractivity contribution is 5.76. The fourth-order valence-corrected chi connectivity index (χ4v) is 3.64. The van der Waals surface area contributed by atoms with Crippen molar-refractivity contribution in [1.82, 2.24) is 19.9 Å². The molecule has 0 aromatic carbocycles. The van der Waals surface area contributed by atoms with Crippen LogP contribution in [0.5, 0.6) is 0 Å². The Morgan fingerprint density at radius 3 is 2.63 bits per heavy atom. The van der Waals surface area contributed by atoms with Gasteiger partial charge >= 0.3 is 0 Å². The number of nitrogens with one attached hydrogen (secondary N) is 1. The van der Waals surface area contributed by atoms with Gasteiger partial charge in [0.15, 0.2) is 0 Å². The van der Waals surface area contributed by atoms with Gasteiger partial charge in [-0.3, -0.25) is 14.8 Å². The maximum absolute atomic E-state index is 14.2.